The SMILES string of the molecule is CN(C(=O)c1ncn[nH]1)C1CN(c2ccc3nnc(C4CCC4)n3n2)C1. The minimum atomic E-state index is -0.151. The van der Waals surface area contributed by atoms with Crippen LogP contribution in [0.5, 0.6) is 0 Å². The molecule has 26 heavy (non-hydrogen) atoms. The smallest absolute Gasteiger partial charge is 0.291 e. The summed E-state index contributed by atoms with van der Waals surface area (Å²) >= 11 is 0. The number of rotatable bonds is 4. The van der Waals surface area contributed by atoms with Gasteiger partial charge in [0, 0.05) is 26.1 Å². The van der Waals surface area contributed by atoms with Crippen LogP contribution in [-0.4, -0.2) is 72.0 Å². The van der Waals surface area contributed by atoms with E-state index in [1.54, 1.807) is 11.9 Å². The molecule has 0 unspecified atom stereocenters. The number of nitrogens with one attached hydrogen (secondary N) is 1. The molecule has 1 aliphatic carbocycles. The van der Waals surface area contributed by atoms with E-state index in [1.807, 2.05) is 16.6 Å². The summed E-state index contributed by atoms with van der Waals surface area (Å²) in [5, 5.41) is 19.6. The maximum Gasteiger partial charge on any atom is 0.291 e. The van der Waals surface area contributed by atoms with Gasteiger partial charge in [-0.15, -0.1) is 15.3 Å². The molecule has 1 N–H and O–H groups in total. The molecule has 2 aliphatic rings. The van der Waals surface area contributed by atoms with Gasteiger partial charge in [0.25, 0.3) is 5.91 Å². The van der Waals surface area contributed by atoms with E-state index in [0.717, 1.165) is 43.2 Å². The van der Waals surface area contributed by atoms with Gasteiger partial charge in [-0.1, -0.05) is 6.42 Å². The highest BCUT2D eigenvalue weighted by atomic mass is 16.2. The minimum absolute atomic E-state index is 0.122. The molecule has 10 heteroatoms. The van der Waals surface area contributed by atoms with Crippen LogP contribution in [0.4, 0.5) is 5.82 Å². The van der Waals surface area contributed by atoms with Crippen molar-refractivity contribution < 1.29 is 4.79 Å². The lowest BCUT2D eigenvalue weighted by Gasteiger charge is -2.44. The van der Waals surface area contributed by atoms with Crippen LogP contribution in [0.3, 0.4) is 0 Å². The Hall–Kier alpha value is -3.04. The predicted molar refractivity (Wildman–Crippen MR) is 91.9 cm³/mol. The Balaban J connectivity index is 1.30. The molecule has 3 aromatic heterocycles. The lowest BCUT2D eigenvalue weighted by atomic mass is 9.85. The Kier molecular flexibility index (Phi) is 3.37. The summed E-state index contributed by atoms with van der Waals surface area (Å²) in [6.07, 6.45) is 4.91. The number of carbonyl (C=O) groups is 1. The second kappa shape index (κ2) is 5.75. The van der Waals surface area contributed by atoms with Crippen LogP contribution in [0.2, 0.25) is 0 Å². The summed E-state index contributed by atoms with van der Waals surface area (Å²) in [4.78, 5) is 20.1. The van der Waals surface area contributed by atoms with E-state index in [0.29, 0.717) is 5.92 Å². The summed E-state index contributed by atoms with van der Waals surface area (Å²) < 4.78 is 1.87. The number of hydrogen-bond acceptors (Lipinski definition) is 7. The molecule has 0 aromatic carbocycles. The Bertz CT molecular complexity index is 940. The van der Waals surface area contributed by atoms with Crippen molar-refractivity contribution in [2.75, 3.05) is 25.0 Å². The molecule has 1 saturated carbocycles. The van der Waals surface area contributed by atoms with E-state index in [4.69, 9.17) is 5.10 Å². The fraction of sp³-hybridized carbons (Fsp3) is 0.500. The Labute approximate surface area is 149 Å². The fourth-order valence-corrected chi connectivity index (χ4v) is 3.41. The monoisotopic (exact) mass is 353 g/mol. The third-order valence-corrected chi connectivity index (χ3v) is 5.42. The summed E-state index contributed by atoms with van der Waals surface area (Å²) in [6.45, 7) is 1.46. The van der Waals surface area contributed by atoms with Gasteiger partial charge in [-0.2, -0.15) is 9.61 Å². The van der Waals surface area contributed by atoms with Gasteiger partial charge in [-0.05, 0) is 25.0 Å². The standard InChI is InChI=1S/C16H19N9O/c1-23(16(26)14-17-9-18-20-14)11-7-24(8-11)13-6-5-12-19-21-15(25(12)22-13)10-3-2-4-10/h5-6,9-11H,2-4,7-8H2,1H3,(H,17,18,20). The van der Waals surface area contributed by atoms with Gasteiger partial charge < -0.3 is 9.80 Å². The van der Waals surface area contributed by atoms with E-state index >= 15 is 0 Å². The number of hydrogen-bond donors (Lipinski definition) is 1. The molecule has 4 heterocycles. The number of amides is 1. The molecule has 1 saturated heterocycles. The van der Waals surface area contributed by atoms with Crippen molar-refractivity contribution in [2.45, 2.75) is 31.2 Å². The normalized spacial score (nSPS) is 18.0. The van der Waals surface area contributed by atoms with Gasteiger partial charge in [-0.3, -0.25) is 9.89 Å². The predicted octanol–water partition coefficient (Wildman–Crippen LogP) is 0.471. The molecular formula is C16H19N9O. The third-order valence-electron chi connectivity index (χ3n) is 5.42. The van der Waals surface area contributed by atoms with Crippen molar-refractivity contribution in [3.63, 3.8) is 0 Å². The first-order valence-corrected chi connectivity index (χ1v) is 8.80. The second-order valence-corrected chi connectivity index (χ2v) is 6.96. The number of aromatic nitrogens is 7. The van der Waals surface area contributed by atoms with Gasteiger partial charge in [0.1, 0.15) is 12.1 Å². The summed E-state index contributed by atoms with van der Waals surface area (Å²) in [7, 11) is 1.79. The van der Waals surface area contributed by atoms with Gasteiger partial charge in [-0.25, -0.2) is 4.98 Å². The van der Waals surface area contributed by atoms with Crippen LogP contribution in [0.15, 0.2) is 18.5 Å². The zero-order chi connectivity index (χ0) is 17.7. The van der Waals surface area contributed by atoms with Crippen LogP contribution in [-0.2, 0) is 0 Å². The van der Waals surface area contributed by atoms with Crippen LogP contribution >= 0.6 is 0 Å². The fourth-order valence-electron chi connectivity index (χ4n) is 3.41. The van der Waals surface area contributed by atoms with Crippen molar-refractivity contribution >= 4 is 17.4 Å². The van der Waals surface area contributed by atoms with Gasteiger partial charge in [0.2, 0.25) is 5.82 Å². The highest BCUT2D eigenvalue weighted by Gasteiger charge is 2.35. The topological polar surface area (TPSA) is 108 Å². The molecular weight excluding hydrogens is 334 g/mol. The second-order valence-electron chi connectivity index (χ2n) is 6.96. The van der Waals surface area contributed by atoms with Crippen LogP contribution in [0, 0.1) is 0 Å². The molecule has 1 amide bonds. The van der Waals surface area contributed by atoms with E-state index in [2.05, 4.69) is 30.3 Å². The first-order chi connectivity index (χ1) is 12.7. The number of carbonyl (C=O) groups excluding carboxylic acids is 1. The first kappa shape index (κ1) is 15.2. The van der Waals surface area contributed by atoms with Crippen molar-refractivity contribution in [1.29, 1.82) is 0 Å². The molecule has 2 fully saturated rings. The van der Waals surface area contributed by atoms with Gasteiger partial charge in [0.05, 0.1) is 6.04 Å². The average molecular weight is 353 g/mol. The molecule has 0 atom stereocenters. The van der Waals surface area contributed by atoms with E-state index in [-0.39, 0.29) is 17.8 Å². The number of nitrogens with zero attached hydrogens (tertiary/aromatic N) is 8. The summed E-state index contributed by atoms with van der Waals surface area (Å²) in [5.41, 5.74) is 0.783. The van der Waals surface area contributed by atoms with Crippen LogP contribution < -0.4 is 4.90 Å². The molecule has 0 radical (unpaired) electrons. The first-order valence-electron chi connectivity index (χ1n) is 8.80. The van der Waals surface area contributed by atoms with Gasteiger partial charge in [0.15, 0.2) is 11.5 Å². The molecule has 134 valence electrons. The number of aromatic amines is 1. The largest absolute Gasteiger partial charge is 0.351 e. The molecule has 3 aromatic rings. The number of likely N-dealkylation sites (N-methyl/N-ethyl adjacent to an activating group) is 1. The molecule has 0 bridgehead atoms. The van der Waals surface area contributed by atoms with Crippen molar-refractivity contribution in [1.82, 2.24) is 39.9 Å². The third kappa shape index (κ3) is 2.32. The molecule has 10 nitrogen and oxygen atoms in total. The van der Waals surface area contributed by atoms with E-state index < -0.39 is 0 Å². The van der Waals surface area contributed by atoms with Crippen molar-refractivity contribution in [3.8, 4) is 0 Å². The molecule has 0 spiro atoms. The maximum atomic E-state index is 12.3. The highest BCUT2D eigenvalue weighted by Crippen LogP contribution is 2.35. The lowest BCUT2D eigenvalue weighted by Crippen LogP contribution is -2.60. The Morgan fingerprint density at radius 2 is 2.12 bits per heavy atom. The lowest BCUT2D eigenvalue weighted by molar-refractivity contribution is 0.0693. The zero-order valence-electron chi connectivity index (χ0n) is 14.4. The summed E-state index contributed by atoms with van der Waals surface area (Å²) in [5.74, 6) is 2.43. The van der Waals surface area contributed by atoms with Crippen LogP contribution in [0.1, 0.15) is 41.6 Å². The van der Waals surface area contributed by atoms with Crippen molar-refractivity contribution in [3.05, 3.63) is 30.1 Å². The van der Waals surface area contributed by atoms with Gasteiger partial charge >= 0.3 is 0 Å². The van der Waals surface area contributed by atoms with E-state index in [9.17, 15) is 4.79 Å². The van der Waals surface area contributed by atoms with E-state index in [1.165, 1.54) is 12.7 Å². The average Bonchev–Trinajstić information content (AvgIpc) is 3.21. The summed E-state index contributed by atoms with van der Waals surface area (Å²) in [6, 6.07) is 4.04. The molecule has 5 rings (SSSR count). The quantitative estimate of drug-likeness (QED) is 0.726. The Morgan fingerprint density at radius 1 is 1.27 bits per heavy atom. The number of fused-ring (bicyclic) bond motifs is 1. The Morgan fingerprint density at radius 3 is 2.81 bits per heavy atom. The van der Waals surface area contributed by atoms with Crippen LogP contribution in [0.25, 0.3) is 5.65 Å². The number of H-pyrrole nitrogens is 1. The highest BCUT2D eigenvalue weighted by molar-refractivity contribution is 5.90. The van der Waals surface area contributed by atoms with Crippen molar-refractivity contribution in [2.24, 2.45) is 0 Å². The maximum absolute atomic E-state index is 12.3. The molecule has 1 aliphatic heterocycles. The zero-order valence-corrected chi connectivity index (χ0v) is 14.4. The minimum Gasteiger partial charge on any atom is -0.351 e. The number of anilines is 1.